The predicted molar refractivity (Wildman–Crippen MR) is 195 cm³/mol. The van der Waals surface area contributed by atoms with Crippen molar-refractivity contribution in [3.8, 4) is 11.5 Å². The summed E-state index contributed by atoms with van der Waals surface area (Å²) in [6.45, 7) is 8.50. The van der Waals surface area contributed by atoms with Crippen LogP contribution in [0.25, 0.3) is 0 Å². The van der Waals surface area contributed by atoms with Gasteiger partial charge in [0, 0.05) is 67.1 Å². The number of carboxylic acids is 1. The molecule has 0 saturated carbocycles. The van der Waals surface area contributed by atoms with Crippen molar-refractivity contribution < 1.29 is 33.7 Å². The van der Waals surface area contributed by atoms with Crippen LogP contribution in [0, 0.1) is 0 Å². The second kappa shape index (κ2) is 15.0. The van der Waals surface area contributed by atoms with E-state index in [2.05, 4.69) is 40.6 Å². The van der Waals surface area contributed by atoms with E-state index in [0.717, 1.165) is 46.1 Å². The van der Waals surface area contributed by atoms with E-state index < -0.39 is 11.6 Å². The first-order valence-corrected chi connectivity index (χ1v) is 16.5. The molecule has 0 radical (unpaired) electrons. The van der Waals surface area contributed by atoms with Gasteiger partial charge in [-0.2, -0.15) is 0 Å². The molecule has 1 spiro atoms. The minimum atomic E-state index is -1.19. The zero-order valence-corrected chi connectivity index (χ0v) is 28.5. The predicted octanol–water partition coefficient (Wildman–Crippen LogP) is 8.07. The number of benzene rings is 5. The number of fused-ring (bicyclic) bond motifs is 6. The molecule has 1 unspecified atom stereocenters. The maximum Gasteiger partial charge on any atom is 0.340 e. The lowest BCUT2D eigenvalue weighted by Crippen LogP contribution is -2.33. The smallest absolute Gasteiger partial charge is 0.340 e. The van der Waals surface area contributed by atoms with E-state index in [1.54, 1.807) is 12.3 Å². The molecule has 9 heteroatoms. The van der Waals surface area contributed by atoms with Gasteiger partial charge in [0.05, 0.1) is 12.1 Å². The van der Waals surface area contributed by atoms with E-state index >= 15 is 0 Å². The van der Waals surface area contributed by atoms with Crippen molar-refractivity contribution in [2.75, 3.05) is 23.0 Å². The van der Waals surface area contributed by atoms with Crippen LogP contribution in [0.3, 0.4) is 0 Å². The van der Waals surface area contributed by atoms with Gasteiger partial charge in [0.15, 0.2) is 5.60 Å². The molecule has 1 atom stereocenters. The van der Waals surface area contributed by atoms with Crippen LogP contribution in [0.15, 0.2) is 134 Å². The number of hydrogen-bond donors (Lipinski definition) is 1. The lowest BCUT2D eigenvalue weighted by Gasteiger charge is -2.38. The molecule has 2 aliphatic heterocycles. The van der Waals surface area contributed by atoms with Gasteiger partial charge in [-0.25, -0.2) is 4.79 Å². The van der Waals surface area contributed by atoms with Gasteiger partial charge in [-0.05, 0) is 47.7 Å². The molecule has 2 heterocycles. The molecular weight excluding hydrogens is 644 g/mol. The summed E-state index contributed by atoms with van der Waals surface area (Å²) in [5.41, 5.74) is 5.63. The first kappa shape index (κ1) is 34.5. The Morgan fingerprint density at radius 2 is 1.31 bits per heavy atom. The van der Waals surface area contributed by atoms with Gasteiger partial charge in [-0.3, -0.25) is 9.59 Å². The number of carbonyl (C=O) groups is 3. The number of carboxylic acid groups (broad SMARTS) is 1. The highest BCUT2D eigenvalue weighted by Gasteiger charge is 2.53. The Hall–Kier alpha value is -6.35. The number of rotatable bonds is 10. The number of nitrogens with zero attached hydrogens (tertiary/aromatic N) is 2. The molecule has 0 fully saturated rings. The van der Waals surface area contributed by atoms with Crippen LogP contribution in [0.4, 0.5) is 11.4 Å². The van der Waals surface area contributed by atoms with E-state index in [1.807, 2.05) is 91.0 Å². The van der Waals surface area contributed by atoms with Crippen LogP contribution in [0.5, 0.6) is 11.5 Å². The molecule has 5 aromatic rings. The van der Waals surface area contributed by atoms with Crippen LogP contribution >= 0.6 is 0 Å². The second-order valence-electron chi connectivity index (χ2n) is 12.1. The van der Waals surface area contributed by atoms with E-state index in [-0.39, 0.29) is 18.5 Å². The molecule has 258 valence electrons. The Morgan fingerprint density at radius 3 is 1.92 bits per heavy atom. The maximum absolute atomic E-state index is 13.4. The fourth-order valence-electron chi connectivity index (χ4n) is 6.47. The van der Waals surface area contributed by atoms with E-state index in [1.165, 1.54) is 6.92 Å². The SMILES string of the molecule is C=CN(Cc1ccccc1)c1ccc2c(c1)Oc1cc(N(CCOC(C)=O)Cc3ccccc3)ccc1C21OC(=O)c2ccccc21.CC(=O)O. The summed E-state index contributed by atoms with van der Waals surface area (Å²) in [5, 5.41) is 7.42. The van der Waals surface area contributed by atoms with Crippen LogP contribution in [0.2, 0.25) is 0 Å². The average Bonchev–Trinajstić information content (AvgIpc) is 3.42. The molecule has 2 aliphatic rings. The largest absolute Gasteiger partial charge is 0.481 e. The zero-order chi connectivity index (χ0) is 36.0. The zero-order valence-electron chi connectivity index (χ0n) is 28.5. The molecule has 1 N–H and O–H groups in total. The van der Waals surface area contributed by atoms with Gasteiger partial charge in [-0.15, -0.1) is 0 Å². The summed E-state index contributed by atoms with van der Waals surface area (Å²) in [5.74, 6) is -0.367. The highest BCUT2D eigenvalue weighted by molar-refractivity contribution is 5.97. The van der Waals surface area contributed by atoms with Crippen LogP contribution < -0.4 is 14.5 Å². The molecule has 0 saturated heterocycles. The number of anilines is 2. The van der Waals surface area contributed by atoms with Gasteiger partial charge in [0.1, 0.15) is 18.1 Å². The van der Waals surface area contributed by atoms with Crippen molar-refractivity contribution in [1.82, 2.24) is 0 Å². The number of aliphatic carboxylic acids is 1. The molecular formula is C42H38N2O7. The molecule has 7 rings (SSSR count). The number of hydrogen-bond acceptors (Lipinski definition) is 8. The van der Waals surface area contributed by atoms with Crippen molar-refractivity contribution in [2.45, 2.75) is 32.5 Å². The van der Waals surface area contributed by atoms with Crippen molar-refractivity contribution in [1.29, 1.82) is 0 Å². The van der Waals surface area contributed by atoms with Crippen molar-refractivity contribution in [3.05, 3.63) is 167 Å². The summed E-state index contributed by atoms with van der Waals surface area (Å²) in [6, 6.07) is 39.8. The fourth-order valence-corrected chi connectivity index (χ4v) is 6.47. The number of esters is 2. The Kier molecular flexibility index (Phi) is 10.2. The van der Waals surface area contributed by atoms with Crippen molar-refractivity contribution >= 4 is 29.3 Å². The molecule has 9 nitrogen and oxygen atoms in total. The van der Waals surface area contributed by atoms with E-state index in [0.29, 0.717) is 36.7 Å². The Bertz CT molecular complexity index is 2060. The summed E-state index contributed by atoms with van der Waals surface area (Å²) in [6.07, 6.45) is 1.80. The minimum absolute atomic E-state index is 0.236. The lowest BCUT2D eigenvalue weighted by molar-refractivity contribution is -0.140. The third-order valence-electron chi connectivity index (χ3n) is 8.68. The molecule has 0 bridgehead atoms. The Balaban J connectivity index is 0.00000107. The van der Waals surface area contributed by atoms with Gasteiger partial charge < -0.3 is 29.1 Å². The topological polar surface area (TPSA) is 106 Å². The maximum atomic E-state index is 13.4. The summed E-state index contributed by atoms with van der Waals surface area (Å²) >= 11 is 0. The van der Waals surface area contributed by atoms with Crippen molar-refractivity contribution in [3.63, 3.8) is 0 Å². The molecule has 51 heavy (non-hydrogen) atoms. The second-order valence-corrected chi connectivity index (χ2v) is 12.1. The molecule has 5 aromatic carbocycles. The fraction of sp³-hybridized carbons (Fsp3) is 0.167. The Labute approximate surface area is 296 Å². The highest BCUT2D eigenvalue weighted by atomic mass is 16.6. The van der Waals surface area contributed by atoms with E-state index in [4.69, 9.17) is 24.1 Å². The standard InChI is InChI=1S/C40H34N2O5.C2H4O2/c1-3-41(26-29-12-6-4-7-13-29)31-18-20-35-37(24-31)46-38-25-32(42(22-23-45-28(2)43)27-30-14-8-5-9-15-30)19-21-36(38)40(35)34-17-11-10-16-33(34)39(44)47-40;1-2(3)4/h3-21,24-25H,1,22-23,26-27H2,2H3;1H3,(H,3,4). The van der Waals surface area contributed by atoms with Crippen LogP contribution in [-0.4, -0.2) is 36.2 Å². The third kappa shape index (κ3) is 7.33. The van der Waals surface area contributed by atoms with Gasteiger partial charge in [0.25, 0.3) is 5.97 Å². The van der Waals surface area contributed by atoms with Crippen LogP contribution in [-0.2, 0) is 37.8 Å². The summed E-state index contributed by atoms with van der Waals surface area (Å²) in [4.78, 5) is 38.2. The minimum Gasteiger partial charge on any atom is -0.481 e. The van der Waals surface area contributed by atoms with Gasteiger partial charge in [-0.1, -0.05) is 85.4 Å². The van der Waals surface area contributed by atoms with Gasteiger partial charge in [0.2, 0.25) is 0 Å². The molecule has 0 amide bonds. The average molecular weight is 683 g/mol. The molecule has 0 aliphatic carbocycles. The molecule has 0 aromatic heterocycles. The van der Waals surface area contributed by atoms with E-state index in [9.17, 15) is 9.59 Å². The monoisotopic (exact) mass is 682 g/mol. The first-order chi connectivity index (χ1) is 24.7. The number of carbonyl (C=O) groups excluding carboxylic acids is 2. The summed E-state index contributed by atoms with van der Waals surface area (Å²) in [7, 11) is 0. The quantitative estimate of drug-likeness (QED) is 0.146. The van der Waals surface area contributed by atoms with Crippen LogP contribution in [0.1, 0.15) is 52.0 Å². The normalized spacial score (nSPS) is 14.7. The van der Waals surface area contributed by atoms with Crippen molar-refractivity contribution in [2.24, 2.45) is 0 Å². The summed E-state index contributed by atoms with van der Waals surface area (Å²) < 4.78 is 18.4. The number of ether oxygens (including phenoxy) is 3. The lowest BCUT2D eigenvalue weighted by atomic mass is 9.77. The first-order valence-electron chi connectivity index (χ1n) is 16.5. The Morgan fingerprint density at radius 1 is 0.765 bits per heavy atom. The third-order valence-corrected chi connectivity index (χ3v) is 8.68. The highest BCUT2D eigenvalue weighted by Crippen LogP contribution is 2.57. The van der Waals surface area contributed by atoms with Gasteiger partial charge >= 0.3 is 11.9 Å².